The number of carbonyl (C=O) groups excluding carboxylic acids is 1. The number of nitrogens with zero attached hydrogens (tertiary/aromatic N) is 1. The quantitative estimate of drug-likeness (QED) is 0.860. The summed E-state index contributed by atoms with van der Waals surface area (Å²) < 4.78 is 0. The van der Waals surface area contributed by atoms with Gasteiger partial charge in [-0.25, -0.2) is 4.98 Å². The lowest BCUT2D eigenvalue weighted by Crippen LogP contribution is -2.49. The molecule has 22 heavy (non-hydrogen) atoms. The summed E-state index contributed by atoms with van der Waals surface area (Å²) in [7, 11) is 0. The summed E-state index contributed by atoms with van der Waals surface area (Å²) in [5.74, 6) is -0.171. The van der Waals surface area contributed by atoms with E-state index in [0.29, 0.717) is 6.54 Å². The van der Waals surface area contributed by atoms with E-state index in [-0.39, 0.29) is 30.7 Å². The van der Waals surface area contributed by atoms with Gasteiger partial charge in [0.1, 0.15) is 5.54 Å². The van der Waals surface area contributed by atoms with E-state index in [2.05, 4.69) is 10.3 Å². The van der Waals surface area contributed by atoms with Crippen LogP contribution in [0.2, 0.25) is 0 Å². The highest BCUT2D eigenvalue weighted by Crippen LogP contribution is 2.17. The van der Waals surface area contributed by atoms with E-state index in [1.165, 1.54) is 0 Å². The SMILES string of the molecule is Cc1nc(CCNC(=O)C(C)(N)c2ccccc2)cs1.Cl.Cl. The minimum absolute atomic E-state index is 0. The Bertz CT molecular complexity index is 587. The number of aryl methyl sites for hydroxylation is 1. The number of aromatic nitrogens is 1. The topological polar surface area (TPSA) is 68.0 Å². The average molecular weight is 362 g/mol. The predicted molar refractivity (Wildman–Crippen MR) is 96.0 cm³/mol. The molecule has 0 fully saturated rings. The Morgan fingerprint density at radius 3 is 2.50 bits per heavy atom. The molecule has 2 aromatic rings. The number of amides is 1. The highest BCUT2D eigenvalue weighted by atomic mass is 35.5. The van der Waals surface area contributed by atoms with Crippen molar-refractivity contribution in [1.82, 2.24) is 10.3 Å². The molecule has 3 N–H and O–H groups in total. The van der Waals surface area contributed by atoms with Gasteiger partial charge in [-0.05, 0) is 19.4 Å². The summed E-state index contributed by atoms with van der Waals surface area (Å²) in [6, 6.07) is 9.40. The fourth-order valence-corrected chi connectivity index (χ4v) is 2.57. The van der Waals surface area contributed by atoms with Crippen molar-refractivity contribution in [2.45, 2.75) is 25.8 Å². The third kappa shape index (κ3) is 5.25. The van der Waals surface area contributed by atoms with Gasteiger partial charge >= 0.3 is 0 Å². The van der Waals surface area contributed by atoms with Gasteiger partial charge in [-0.15, -0.1) is 36.2 Å². The molecule has 0 saturated heterocycles. The van der Waals surface area contributed by atoms with Crippen molar-refractivity contribution in [2.24, 2.45) is 5.73 Å². The summed E-state index contributed by atoms with van der Waals surface area (Å²) in [6.07, 6.45) is 0.723. The molecule has 1 heterocycles. The van der Waals surface area contributed by atoms with Crippen LogP contribution in [0.1, 0.15) is 23.2 Å². The molecular formula is C15H21Cl2N3OS. The molecule has 0 aliphatic heterocycles. The maximum absolute atomic E-state index is 12.2. The second-order valence-corrected chi connectivity index (χ2v) is 5.99. The van der Waals surface area contributed by atoms with Gasteiger partial charge in [0.2, 0.25) is 5.91 Å². The van der Waals surface area contributed by atoms with Crippen LogP contribution in [0.15, 0.2) is 35.7 Å². The van der Waals surface area contributed by atoms with Crippen molar-refractivity contribution < 1.29 is 4.79 Å². The number of halogens is 2. The Labute approximate surface area is 147 Å². The lowest BCUT2D eigenvalue weighted by molar-refractivity contribution is -0.126. The zero-order valence-corrected chi connectivity index (χ0v) is 15.0. The second-order valence-electron chi connectivity index (χ2n) is 4.93. The fourth-order valence-electron chi connectivity index (χ4n) is 1.93. The van der Waals surface area contributed by atoms with Gasteiger partial charge in [0, 0.05) is 18.3 Å². The lowest BCUT2D eigenvalue weighted by Gasteiger charge is -2.24. The van der Waals surface area contributed by atoms with Crippen LogP contribution in [0.3, 0.4) is 0 Å². The molecule has 2 rings (SSSR count). The third-order valence-corrected chi connectivity index (χ3v) is 4.00. The molecule has 1 unspecified atom stereocenters. The Morgan fingerprint density at radius 1 is 1.32 bits per heavy atom. The number of benzene rings is 1. The standard InChI is InChI=1S/C15H19N3OS.2ClH/c1-11-18-13(10-20-11)8-9-17-14(19)15(2,16)12-6-4-3-5-7-12;;/h3-7,10H,8-9,16H2,1-2H3,(H,17,19);2*1H. The summed E-state index contributed by atoms with van der Waals surface area (Å²) in [5.41, 5.74) is 6.94. The molecule has 7 heteroatoms. The average Bonchev–Trinajstić information content (AvgIpc) is 2.85. The summed E-state index contributed by atoms with van der Waals surface area (Å²) in [6.45, 7) is 4.24. The molecule has 0 aliphatic carbocycles. The van der Waals surface area contributed by atoms with Crippen molar-refractivity contribution in [2.75, 3.05) is 6.54 Å². The minimum atomic E-state index is -1.01. The van der Waals surface area contributed by atoms with E-state index < -0.39 is 5.54 Å². The molecule has 1 aromatic carbocycles. The number of nitrogens with two attached hydrogens (primary N) is 1. The van der Waals surface area contributed by atoms with Crippen LogP contribution in [0.5, 0.6) is 0 Å². The first-order chi connectivity index (χ1) is 9.50. The molecule has 0 aliphatic rings. The maximum Gasteiger partial charge on any atom is 0.244 e. The van der Waals surface area contributed by atoms with Gasteiger partial charge < -0.3 is 11.1 Å². The maximum atomic E-state index is 12.2. The zero-order chi connectivity index (χ0) is 14.6. The van der Waals surface area contributed by atoms with Crippen LogP contribution in [0, 0.1) is 6.92 Å². The first kappa shape index (κ1) is 20.9. The van der Waals surface area contributed by atoms with Crippen LogP contribution in [-0.4, -0.2) is 17.4 Å². The third-order valence-electron chi connectivity index (χ3n) is 3.18. The first-order valence-electron chi connectivity index (χ1n) is 6.54. The fraction of sp³-hybridized carbons (Fsp3) is 0.333. The van der Waals surface area contributed by atoms with Gasteiger partial charge in [-0.3, -0.25) is 4.79 Å². The molecule has 0 spiro atoms. The van der Waals surface area contributed by atoms with Crippen molar-refractivity contribution in [3.8, 4) is 0 Å². The minimum Gasteiger partial charge on any atom is -0.354 e. The number of hydrogen-bond donors (Lipinski definition) is 2. The van der Waals surface area contributed by atoms with Gasteiger partial charge in [-0.1, -0.05) is 30.3 Å². The molecule has 0 saturated carbocycles. The highest BCUT2D eigenvalue weighted by molar-refractivity contribution is 7.09. The summed E-state index contributed by atoms with van der Waals surface area (Å²) >= 11 is 1.62. The number of rotatable bonds is 5. The molecule has 0 bridgehead atoms. The van der Waals surface area contributed by atoms with E-state index in [4.69, 9.17) is 5.73 Å². The Morgan fingerprint density at radius 2 is 1.95 bits per heavy atom. The molecule has 122 valence electrons. The largest absolute Gasteiger partial charge is 0.354 e. The van der Waals surface area contributed by atoms with Gasteiger partial charge in [0.15, 0.2) is 0 Å². The molecule has 1 amide bonds. The van der Waals surface area contributed by atoms with E-state index in [9.17, 15) is 4.79 Å². The van der Waals surface area contributed by atoms with Crippen molar-refractivity contribution >= 4 is 42.1 Å². The van der Waals surface area contributed by atoms with Gasteiger partial charge in [0.05, 0.1) is 10.7 Å². The molecular weight excluding hydrogens is 341 g/mol. The van der Waals surface area contributed by atoms with Gasteiger partial charge in [0.25, 0.3) is 0 Å². The number of carbonyl (C=O) groups is 1. The zero-order valence-electron chi connectivity index (χ0n) is 12.5. The van der Waals surface area contributed by atoms with E-state index in [0.717, 1.165) is 22.7 Å². The molecule has 1 atom stereocenters. The first-order valence-corrected chi connectivity index (χ1v) is 7.42. The summed E-state index contributed by atoms with van der Waals surface area (Å²) in [5, 5.41) is 5.94. The van der Waals surface area contributed by atoms with Crippen LogP contribution in [-0.2, 0) is 16.8 Å². The predicted octanol–water partition coefficient (Wildman–Crippen LogP) is 2.83. The monoisotopic (exact) mass is 361 g/mol. The molecule has 1 aromatic heterocycles. The highest BCUT2D eigenvalue weighted by Gasteiger charge is 2.29. The Kier molecular flexibility index (Phi) is 8.63. The van der Waals surface area contributed by atoms with Crippen LogP contribution < -0.4 is 11.1 Å². The van der Waals surface area contributed by atoms with Crippen LogP contribution in [0.4, 0.5) is 0 Å². The smallest absolute Gasteiger partial charge is 0.244 e. The van der Waals surface area contributed by atoms with E-state index in [1.807, 2.05) is 42.6 Å². The second kappa shape index (κ2) is 9.10. The van der Waals surface area contributed by atoms with Crippen molar-refractivity contribution in [1.29, 1.82) is 0 Å². The Balaban J connectivity index is 0.00000220. The molecule has 4 nitrogen and oxygen atoms in total. The Hall–Kier alpha value is -1.14. The van der Waals surface area contributed by atoms with Crippen LogP contribution in [0.25, 0.3) is 0 Å². The van der Waals surface area contributed by atoms with Crippen LogP contribution >= 0.6 is 36.2 Å². The normalized spacial score (nSPS) is 12.5. The van der Waals surface area contributed by atoms with E-state index in [1.54, 1.807) is 18.3 Å². The lowest BCUT2D eigenvalue weighted by atomic mass is 9.92. The number of thiazole rings is 1. The van der Waals surface area contributed by atoms with Crippen molar-refractivity contribution in [3.63, 3.8) is 0 Å². The van der Waals surface area contributed by atoms with Gasteiger partial charge in [-0.2, -0.15) is 0 Å². The van der Waals surface area contributed by atoms with E-state index >= 15 is 0 Å². The van der Waals surface area contributed by atoms with Crippen molar-refractivity contribution in [3.05, 3.63) is 52.0 Å². The molecule has 0 radical (unpaired) electrons. The summed E-state index contributed by atoms with van der Waals surface area (Å²) in [4.78, 5) is 16.6. The number of hydrogen-bond acceptors (Lipinski definition) is 4. The number of nitrogens with one attached hydrogen (secondary N) is 1.